The zero-order valence-corrected chi connectivity index (χ0v) is 15.7. The van der Waals surface area contributed by atoms with Crippen molar-refractivity contribution in [2.45, 2.75) is 24.0 Å². The lowest BCUT2D eigenvalue weighted by atomic mass is 10.1. The van der Waals surface area contributed by atoms with Crippen molar-refractivity contribution in [2.24, 2.45) is 10.1 Å². The van der Waals surface area contributed by atoms with Crippen LogP contribution in [0.3, 0.4) is 0 Å². The summed E-state index contributed by atoms with van der Waals surface area (Å²) in [6.45, 7) is 1.86. The SMILES string of the molecule is CC1=CN2C(=NC3C2C(=O)N(C)C(=O)N3C)N1c1ccc(S(N)(=O)=O)cc1. The molecule has 2 atom stereocenters. The summed E-state index contributed by atoms with van der Waals surface area (Å²) in [5, 5.41) is 5.14. The highest BCUT2D eigenvalue weighted by Gasteiger charge is 2.53. The van der Waals surface area contributed by atoms with Crippen molar-refractivity contribution in [2.75, 3.05) is 19.0 Å². The van der Waals surface area contributed by atoms with Crippen molar-refractivity contribution in [1.29, 1.82) is 0 Å². The molecule has 142 valence electrons. The van der Waals surface area contributed by atoms with Gasteiger partial charge in [0.25, 0.3) is 5.91 Å². The topological polar surface area (TPSA) is 120 Å². The minimum absolute atomic E-state index is 0.00750. The van der Waals surface area contributed by atoms with Crippen molar-refractivity contribution in [1.82, 2.24) is 14.7 Å². The number of amides is 3. The molecule has 1 aromatic carbocycles. The van der Waals surface area contributed by atoms with Gasteiger partial charge in [-0.05, 0) is 31.2 Å². The first kappa shape index (κ1) is 17.5. The Kier molecular flexibility index (Phi) is 3.59. The van der Waals surface area contributed by atoms with Crippen LogP contribution in [0.1, 0.15) is 6.92 Å². The molecule has 0 aliphatic carbocycles. The Hall–Kier alpha value is -2.92. The molecular weight excluding hydrogens is 372 g/mol. The van der Waals surface area contributed by atoms with Crippen LogP contribution in [-0.4, -0.2) is 67.3 Å². The van der Waals surface area contributed by atoms with E-state index >= 15 is 0 Å². The first-order chi connectivity index (χ1) is 12.6. The van der Waals surface area contributed by atoms with Crippen LogP contribution >= 0.6 is 0 Å². The number of aliphatic imine (C=N–C) groups is 1. The number of primary sulfonamides is 1. The smallest absolute Gasteiger partial charge is 0.302 e. The first-order valence-electron chi connectivity index (χ1n) is 8.13. The number of carbonyl (C=O) groups excluding carboxylic acids is 2. The van der Waals surface area contributed by atoms with Gasteiger partial charge in [-0.15, -0.1) is 0 Å². The van der Waals surface area contributed by atoms with Gasteiger partial charge >= 0.3 is 6.03 Å². The number of sulfonamides is 1. The number of nitrogens with two attached hydrogens (primary N) is 1. The number of hydrogen-bond acceptors (Lipinski definition) is 7. The number of allylic oxidation sites excluding steroid dienone is 1. The van der Waals surface area contributed by atoms with Crippen molar-refractivity contribution >= 4 is 33.6 Å². The van der Waals surface area contributed by atoms with Gasteiger partial charge in [0.2, 0.25) is 16.0 Å². The highest BCUT2D eigenvalue weighted by atomic mass is 32.2. The van der Waals surface area contributed by atoms with Gasteiger partial charge in [0, 0.05) is 31.7 Å². The number of likely N-dealkylation sites (N-methyl/N-ethyl adjacent to an activating group) is 2. The molecule has 2 unspecified atom stereocenters. The van der Waals surface area contributed by atoms with Crippen LogP contribution in [0.25, 0.3) is 0 Å². The van der Waals surface area contributed by atoms with Crippen molar-refractivity contribution < 1.29 is 18.0 Å². The molecule has 3 aliphatic rings. The van der Waals surface area contributed by atoms with Gasteiger partial charge < -0.3 is 9.80 Å². The van der Waals surface area contributed by atoms with Crippen LogP contribution in [-0.2, 0) is 14.8 Å². The predicted octanol–water partition coefficient (Wildman–Crippen LogP) is -0.0946. The molecule has 0 bridgehead atoms. The number of anilines is 1. The molecule has 11 heteroatoms. The van der Waals surface area contributed by atoms with Gasteiger partial charge in [-0.2, -0.15) is 0 Å². The fourth-order valence-electron chi connectivity index (χ4n) is 3.54. The molecule has 0 radical (unpaired) electrons. The number of carbonyl (C=O) groups is 2. The van der Waals surface area contributed by atoms with E-state index in [9.17, 15) is 18.0 Å². The van der Waals surface area contributed by atoms with Gasteiger partial charge in [0.1, 0.15) is 0 Å². The maximum atomic E-state index is 12.6. The molecule has 1 saturated heterocycles. The fourth-order valence-corrected chi connectivity index (χ4v) is 4.06. The standard InChI is InChI=1S/C16H18N6O4S/c1-9-8-21-12-13(19(2)16(24)20(3)14(12)23)18-15(21)22(9)10-4-6-11(7-5-10)27(17,25)26/h4-8,12-13H,1-3H3,(H2,17,25,26). The van der Waals surface area contributed by atoms with E-state index in [-0.39, 0.29) is 10.8 Å². The molecule has 3 amide bonds. The Balaban J connectivity index is 1.73. The van der Waals surface area contributed by atoms with Crippen molar-refractivity contribution in [3.63, 3.8) is 0 Å². The molecular formula is C16H18N6O4S. The highest BCUT2D eigenvalue weighted by molar-refractivity contribution is 7.89. The van der Waals surface area contributed by atoms with Gasteiger partial charge in [-0.3, -0.25) is 14.6 Å². The molecule has 3 heterocycles. The van der Waals surface area contributed by atoms with E-state index in [1.165, 1.54) is 24.1 Å². The van der Waals surface area contributed by atoms with Crippen molar-refractivity contribution in [3.05, 3.63) is 36.2 Å². The molecule has 0 spiro atoms. The Bertz CT molecular complexity index is 1020. The van der Waals surface area contributed by atoms with Crippen LogP contribution < -0.4 is 10.0 Å². The minimum atomic E-state index is -3.79. The molecule has 0 saturated carbocycles. The van der Waals surface area contributed by atoms with E-state index < -0.39 is 28.3 Å². The van der Waals surface area contributed by atoms with Gasteiger partial charge in [-0.25, -0.2) is 23.3 Å². The third kappa shape index (κ3) is 2.42. The second kappa shape index (κ2) is 5.54. The lowest BCUT2D eigenvalue weighted by Gasteiger charge is -2.38. The number of imide groups is 1. The second-order valence-corrected chi connectivity index (χ2v) is 8.19. The Morgan fingerprint density at radius 2 is 1.74 bits per heavy atom. The number of hydrogen-bond donors (Lipinski definition) is 1. The van der Waals surface area contributed by atoms with Gasteiger partial charge in [-0.1, -0.05) is 0 Å². The monoisotopic (exact) mass is 390 g/mol. The Morgan fingerprint density at radius 1 is 1.11 bits per heavy atom. The van der Waals surface area contributed by atoms with E-state index in [0.717, 1.165) is 10.6 Å². The van der Waals surface area contributed by atoms with E-state index in [1.54, 1.807) is 35.2 Å². The molecule has 1 aromatic rings. The fraction of sp³-hybridized carbons (Fsp3) is 0.312. The highest BCUT2D eigenvalue weighted by Crippen LogP contribution is 2.36. The lowest BCUT2D eigenvalue weighted by molar-refractivity contribution is -0.135. The van der Waals surface area contributed by atoms with Crippen LogP contribution in [0.2, 0.25) is 0 Å². The molecule has 3 aliphatic heterocycles. The molecule has 0 aromatic heterocycles. The predicted molar refractivity (Wildman–Crippen MR) is 96.8 cm³/mol. The first-order valence-corrected chi connectivity index (χ1v) is 9.68. The largest absolute Gasteiger partial charge is 0.328 e. The quantitative estimate of drug-likeness (QED) is 0.753. The average Bonchev–Trinajstić information content (AvgIpc) is 3.12. The van der Waals surface area contributed by atoms with E-state index in [1.807, 2.05) is 6.92 Å². The molecule has 4 rings (SSSR count). The summed E-state index contributed by atoms with van der Waals surface area (Å²) in [6.07, 6.45) is 1.18. The maximum Gasteiger partial charge on any atom is 0.328 e. The number of urea groups is 1. The van der Waals surface area contributed by atoms with E-state index in [2.05, 4.69) is 4.99 Å². The lowest BCUT2D eigenvalue weighted by Crippen LogP contribution is -2.63. The average molecular weight is 390 g/mol. The summed E-state index contributed by atoms with van der Waals surface area (Å²) in [5.74, 6) is 0.187. The Labute approximate surface area is 156 Å². The molecule has 2 N–H and O–H groups in total. The van der Waals surface area contributed by atoms with Crippen LogP contribution in [0.15, 0.2) is 46.1 Å². The number of rotatable bonds is 2. The Morgan fingerprint density at radius 3 is 2.33 bits per heavy atom. The molecule has 10 nitrogen and oxygen atoms in total. The molecule has 27 heavy (non-hydrogen) atoms. The van der Waals surface area contributed by atoms with Gasteiger partial charge in [0.05, 0.1) is 4.90 Å². The summed E-state index contributed by atoms with van der Waals surface area (Å²) >= 11 is 0. The van der Waals surface area contributed by atoms with Gasteiger partial charge in [0.15, 0.2) is 12.2 Å². The van der Waals surface area contributed by atoms with Crippen molar-refractivity contribution in [3.8, 4) is 0 Å². The summed E-state index contributed by atoms with van der Waals surface area (Å²) in [7, 11) is -0.728. The number of fused-ring (bicyclic) bond motifs is 3. The normalized spacial score (nSPS) is 24.9. The van der Waals surface area contributed by atoms with Crippen LogP contribution in [0.4, 0.5) is 10.5 Å². The number of nitrogens with zero attached hydrogens (tertiary/aromatic N) is 5. The molecule has 1 fully saturated rings. The second-order valence-electron chi connectivity index (χ2n) is 6.63. The van der Waals surface area contributed by atoms with E-state index in [0.29, 0.717) is 11.6 Å². The van der Waals surface area contributed by atoms with E-state index in [4.69, 9.17) is 5.14 Å². The maximum absolute atomic E-state index is 12.6. The van der Waals surface area contributed by atoms with Crippen LogP contribution in [0, 0.1) is 0 Å². The summed E-state index contributed by atoms with van der Waals surface area (Å²) in [4.78, 5) is 35.5. The summed E-state index contributed by atoms with van der Waals surface area (Å²) in [5.41, 5.74) is 1.48. The summed E-state index contributed by atoms with van der Waals surface area (Å²) in [6, 6.07) is 5.03. The minimum Gasteiger partial charge on any atom is -0.302 e. The third-order valence-corrected chi connectivity index (χ3v) is 5.86. The zero-order valence-electron chi connectivity index (χ0n) is 14.9. The number of guanidine groups is 1. The summed E-state index contributed by atoms with van der Waals surface area (Å²) < 4.78 is 22.9. The third-order valence-electron chi connectivity index (χ3n) is 4.93. The zero-order chi connectivity index (χ0) is 19.7. The number of benzene rings is 1. The van der Waals surface area contributed by atoms with Crippen LogP contribution in [0.5, 0.6) is 0 Å².